The molecule has 18 heavy (non-hydrogen) atoms. The van der Waals surface area contributed by atoms with Crippen LogP contribution < -0.4 is 10.5 Å². The van der Waals surface area contributed by atoms with Gasteiger partial charge in [0.25, 0.3) is 0 Å². The lowest BCUT2D eigenvalue weighted by Gasteiger charge is -2.20. The number of para-hydroxylation sites is 1. The minimum atomic E-state index is -3.34. The molecule has 1 atom stereocenters. The zero-order valence-corrected chi connectivity index (χ0v) is 12.0. The Morgan fingerprint density at radius 1 is 1.28 bits per heavy atom. The normalized spacial score (nSPS) is 13.8. The number of benzene rings is 1. The van der Waals surface area contributed by atoms with Crippen molar-refractivity contribution in [2.24, 2.45) is 5.92 Å². The second kappa shape index (κ2) is 6.20. The SMILES string of the molecule is CCC(NS(=O)(=O)Cc1ccccc1N)C(C)C. The Hall–Kier alpha value is -1.07. The van der Waals surface area contributed by atoms with Crippen LogP contribution in [-0.2, 0) is 15.8 Å². The van der Waals surface area contributed by atoms with Gasteiger partial charge in [0.2, 0.25) is 10.0 Å². The summed E-state index contributed by atoms with van der Waals surface area (Å²) in [5, 5.41) is 0. The molecule has 0 aliphatic carbocycles. The van der Waals surface area contributed by atoms with Crippen molar-refractivity contribution in [3.63, 3.8) is 0 Å². The Labute approximate surface area is 110 Å². The minimum Gasteiger partial charge on any atom is -0.398 e. The molecule has 0 aliphatic rings. The first-order chi connectivity index (χ1) is 8.35. The van der Waals surface area contributed by atoms with E-state index in [9.17, 15) is 8.42 Å². The molecule has 0 aliphatic heterocycles. The van der Waals surface area contributed by atoms with Crippen molar-refractivity contribution in [1.29, 1.82) is 0 Å². The molecule has 0 amide bonds. The Morgan fingerprint density at radius 3 is 2.39 bits per heavy atom. The monoisotopic (exact) mass is 270 g/mol. The number of rotatable bonds is 6. The molecule has 1 aromatic rings. The number of anilines is 1. The van der Waals surface area contributed by atoms with Crippen molar-refractivity contribution in [3.8, 4) is 0 Å². The first kappa shape index (κ1) is 15.0. The number of sulfonamides is 1. The zero-order valence-electron chi connectivity index (χ0n) is 11.2. The lowest BCUT2D eigenvalue weighted by Crippen LogP contribution is -2.38. The van der Waals surface area contributed by atoms with Gasteiger partial charge in [0, 0.05) is 11.7 Å². The second-order valence-corrected chi connectivity index (χ2v) is 6.59. The maximum Gasteiger partial charge on any atom is 0.216 e. The second-order valence-electron chi connectivity index (χ2n) is 4.83. The van der Waals surface area contributed by atoms with Crippen molar-refractivity contribution in [2.45, 2.75) is 39.0 Å². The lowest BCUT2D eigenvalue weighted by atomic mass is 10.0. The molecule has 0 spiro atoms. The molecular weight excluding hydrogens is 248 g/mol. The summed E-state index contributed by atoms with van der Waals surface area (Å²) in [5.74, 6) is 0.209. The van der Waals surface area contributed by atoms with Crippen LogP contribution in [0.25, 0.3) is 0 Å². The topological polar surface area (TPSA) is 72.2 Å². The van der Waals surface area contributed by atoms with Gasteiger partial charge in [-0.25, -0.2) is 13.1 Å². The summed E-state index contributed by atoms with van der Waals surface area (Å²) in [5.41, 5.74) is 6.92. The van der Waals surface area contributed by atoms with Crippen LogP contribution in [0.1, 0.15) is 32.8 Å². The summed E-state index contributed by atoms with van der Waals surface area (Å²) in [4.78, 5) is 0. The fourth-order valence-electron chi connectivity index (χ4n) is 1.83. The van der Waals surface area contributed by atoms with E-state index in [2.05, 4.69) is 4.72 Å². The highest BCUT2D eigenvalue weighted by Gasteiger charge is 2.20. The molecule has 0 aromatic heterocycles. The first-order valence-electron chi connectivity index (χ1n) is 6.19. The highest BCUT2D eigenvalue weighted by molar-refractivity contribution is 7.88. The molecular formula is C13H22N2O2S. The van der Waals surface area contributed by atoms with Gasteiger partial charge < -0.3 is 5.73 Å². The highest BCUT2D eigenvalue weighted by atomic mass is 32.2. The predicted molar refractivity (Wildman–Crippen MR) is 75.5 cm³/mol. The summed E-state index contributed by atoms with van der Waals surface area (Å²) < 4.78 is 26.9. The van der Waals surface area contributed by atoms with E-state index in [0.29, 0.717) is 11.3 Å². The van der Waals surface area contributed by atoms with Gasteiger partial charge in [-0.2, -0.15) is 0 Å². The quantitative estimate of drug-likeness (QED) is 0.778. The summed E-state index contributed by atoms with van der Waals surface area (Å²) in [7, 11) is -3.34. The van der Waals surface area contributed by atoms with Gasteiger partial charge in [-0.05, 0) is 24.0 Å². The van der Waals surface area contributed by atoms with Crippen LogP contribution in [0.3, 0.4) is 0 Å². The molecule has 0 radical (unpaired) electrons. The average Bonchev–Trinajstić information content (AvgIpc) is 2.28. The molecule has 4 nitrogen and oxygen atoms in total. The molecule has 0 fully saturated rings. The molecule has 0 saturated heterocycles. The Kier molecular flexibility index (Phi) is 5.16. The largest absolute Gasteiger partial charge is 0.398 e. The van der Waals surface area contributed by atoms with Crippen molar-refractivity contribution >= 4 is 15.7 Å². The van der Waals surface area contributed by atoms with Crippen molar-refractivity contribution in [3.05, 3.63) is 29.8 Å². The number of hydrogen-bond donors (Lipinski definition) is 2. The van der Waals surface area contributed by atoms with Crippen LogP contribution in [0.15, 0.2) is 24.3 Å². The number of hydrogen-bond acceptors (Lipinski definition) is 3. The van der Waals surface area contributed by atoms with Gasteiger partial charge in [0.1, 0.15) is 0 Å². The predicted octanol–water partition coefficient (Wildman–Crippen LogP) is 2.12. The van der Waals surface area contributed by atoms with Crippen LogP contribution in [0.5, 0.6) is 0 Å². The molecule has 0 heterocycles. The third-order valence-electron chi connectivity index (χ3n) is 2.98. The van der Waals surface area contributed by atoms with E-state index in [4.69, 9.17) is 5.73 Å². The van der Waals surface area contributed by atoms with Gasteiger partial charge in [0.15, 0.2) is 0 Å². The molecule has 3 N–H and O–H groups in total. The third kappa shape index (κ3) is 4.31. The molecule has 102 valence electrons. The van der Waals surface area contributed by atoms with Crippen LogP contribution >= 0.6 is 0 Å². The van der Waals surface area contributed by atoms with Crippen LogP contribution in [-0.4, -0.2) is 14.5 Å². The van der Waals surface area contributed by atoms with Crippen molar-refractivity contribution in [2.75, 3.05) is 5.73 Å². The lowest BCUT2D eigenvalue weighted by molar-refractivity contribution is 0.437. The van der Waals surface area contributed by atoms with E-state index in [0.717, 1.165) is 6.42 Å². The fraction of sp³-hybridized carbons (Fsp3) is 0.538. The third-order valence-corrected chi connectivity index (χ3v) is 4.33. The molecule has 1 aromatic carbocycles. The maximum absolute atomic E-state index is 12.1. The molecule has 0 bridgehead atoms. The van der Waals surface area contributed by atoms with Gasteiger partial charge in [-0.15, -0.1) is 0 Å². The minimum absolute atomic E-state index is 0.0278. The summed E-state index contributed by atoms with van der Waals surface area (Å²) >= 11 is 0. The van der Waals surface area contributed by atoms with Crippen LogP contribution in [0, 0.1) is 5.92 Å². The Morgan fingerprint density at radius 2 is 1.89 bits per heavy atom. The summed E-state index contributed by atoms with van der Waals surface area (Å²) in [6.07, 6.45) is 0.779. The molecule has 5 heteroatoms. The molecule has 1 rings (SSSR count). The van der Waals surface area contributed by atoms with Gasteiger partial charge in [0.05, 0.1) is 5.75 Å². The number of nitrogens with one attached hydrogen (secondary N) is 1. The number of nitrogens with two attached hydrogens (primary N) is 1. The van der Waals surface area contributed by atoms with Gasteiger partial charge >= 0.3 is 0 Å². The van der Waals surface area contributed by atoms with E-state index in [-0.39, 0.29) is 17.7 Å². The molecule has 0 saturated carbocycles. The standard InChI is InChI=1S/C13H22N2O2S/c1-4-13(10(2)3)15-18(16,17)9-11-7-5-6-8-12(11)14/h5-8,10,13,15H,4,9,14H2,1-3H3. The van der Waals surface area contributed by atoms with E-state index in [1.54, 1.807) is 24.3 Å². The van der Waals surface area contributed by atoms with Crippen molar-refractivity contribution < 1.29 is 8.42 Å². The highest BCUT2D eigenvalue weighted by Crippen LogP contribution is 2.15. The summed E-state index contributed by atoms with van der Waals surface area (Å²) in [6, 6.07) is 7.01. The smallest absolute Gasteiger partial charge is 0.216 e. The fourth-order valence-corrected chi connectivity index (χ4v) is 3.49. The van der Waals surface area contributed by atoms with E-state index >= 15 is 0 Å². The number of nitrogen functional groups attached to an aromatic ring is 1. The van der Waals surface area contributed by atoms with Crippen LogP contribution in [0.4, 0.5) is 5.69 Å². The first-order valence-corrected chi connectivity index (χ1v) is 7.84. The maximum atomic E-state index is 12.1. The van der Waals surface area contributed by atoms with Gasteiger partial charge in [-0.1, -0.05) is 39.0 Å². The Bertz CT molecular complexity index is 484. The van der Waals surface area contributed by atoms with Crippen LogP contribution in [0.2, 0.25) is 0 Å². The van der Waals surface area contributed by atoms with E-state index in [1.807, 2.05) is 20.8 Å². The average molecular weight is 270 g/mol. The van der Waals surface area contributed by atoms with Crippen molar-refractivity contribution in [1.82, 2.24) is 4.72 Å². The van der Waals surface area contributed by atoms with Gasteiger partial charge in [-0.3, -0.25) is 0 Å². The van der Waals surface area contributed by atoms with E-state index in [1.165, 1.54) is 0 Å². The summed E-state index contributed by atoms with van der Waals surface area (Å²) in [6.45, 7) is 5.99. The zero-order chi connectivity index (χ0) is 13.8. The van der Waals surface area contributed by atoms with E-state index < -0.39 is 10.0 Å². The molecule has 1 unspecified atom stereocenters. The Balaban J connectivity index is 2.80.